The Balaban J connectivity index is 2.80. The van der Waals surface area contributed by atoms with Gasteiger partial charge in [-0.1, -0.05) is 20.8 Å². The molecule has 0 amide bonds. The number of hydrogen-bond acceptors (Lipinski definition) is 1. The molecule has 2 heteroatoms. The highest BCUT2D eigenvalue weighted by Crippen LogP contribution is 2.25. The summed E-state index contributed by atoms with van der Waals surface area (Å²) in [5, 5.41) is 4.42. The van der Waals surface area contributed by atoms with E-state index >= 15 is 0 Å². The van der Waals surface area contributed by atoms with Gasteiger partial charge in [0.1, 0.15) is 0 Å². The third-order valence-corrected chi connectivity index (χ3v) is 2.36. The van der Waals surface area contributed by atoms with Crippen LogP contribution < -0.4 is 0 Å². The molecular weight excluding hydrogens is 148 g/mol. The van der Waals surface area contributed by atoms with E-state index in [9.17, 15) is 0 Å². The molecule has 0 radical (unpaired) electrons. The number of nitrogens with zero attached hydrogens (tertiary/aromatic N) is 2. The van der Waals surface area contributed by atoms with Gasteiger partial charge in [-0.15, -0.1) is 0 Å². The van der Waals surface area contributed by atoms with Crippen LogP contribution in [-0.4, -0.2) is 9.78 Å². The van der Waals surface area contributed by atoms with Crippen LogP contribution >= 0.6 is 0 Å². The highest BCUT2D eigenvalue weighted by Gasteiger charge is 2.15. The highest BCUT2D eigenvalue weighted by molar-refractivity contribution is 5.06. The van der Waals surface area contributed by atoms with Crippen LogP contribution in [0, 0.1) is 5.92 Å². The molecule has 0 aromatic carbocycles. The van der Waals surface area contributed by atoms with E-state index < -0.39 is 0 Å². The molecule has 0 aliphatic carbocycles. The van der Waals surface area contributed by atoms with Crippen molar-refractivity contribution in [1.29, 1.82) is 0 Å². The van der Waals surface area contributed by atoms with Gasteiger partial charge in [-0.2, -0.15) is 5.10 Å². The zero-order valence-corrected chi connectivity index (χ0v) is 8.41. The molecule has 1 aromatic heterocycles. The SMILES string of the molecule is CCC(c1ccn(C)n1)C(C)C. The van der Waals surface area contributed by atoms with E-state index in [2.05, 4.69) is 31.9 Å². The van der Waals surface area contributed by atoms with Crippen molar-refractivity contribution in [2.45, 2.75) is 33.1 Å². The van der Waals surface area contributed by atoms with Gasteiger partial charge in [-0.25, -0.2) is 0 Å². The van der Waals surface area contributed by atoms with E-state index in [0.29, 0.717) is 11.8 Å². The van der Waals surface area contributed by atoms with Gasteiger partial charge in [-0.3, -0.25) is 4.68 Å². The fourth-order valence-corrected chi connectivity index (χ4v) is 1.65. The molecule has 1 atom stereocenters. The Kier molecular flexibility index (Phi) is 2.90. The molecule has 1 unspecified atom stereocenters. The van der Waals surface area contributed by atoms with Crippen LogP contribution in [0.3, 0.4) is 0 Å². The van der Waals surface area contributed by atoms with Crippen molar-refractivity contribution in [2.24, 2.45) is 13.0 Å². The quantitative estimate of drug-likeness (QED) is 0.674. The average Bonchev–Trinajstić information content (AvgIpc) is 2.37. The van der Waals surface area contributed by atoms with Crippen molar-refractivity contribution in [3.63, 3.8) is 0 Å². The summed E-state index contributed by atoms with van der Waals surface area (Å²) in [6.45, 7) is 6.73. The summed E-state index contributed by atoms with van der Waals surface area (Å²) in [7, 11) is 1.97. The maximum Gasteiger partial charge on any atom is 0.0657 e. The number of hydrogen-bond donors (Lipinski definition) is 0. The Morgan fingerprint density at radius 3 is 2.50 bits per heavy atom. The first-order valence-corrected chi connectivity index (χ1v) is 4.64. The third-order valence-electron chi connectivity index (χ3n) is 2.36. The van der Waals surface area contributed by atoms with Crippen molar-refractivity contribution in [3.8, 4) is 0 Å². The Morgan fingerprint density at radius 1 is 1.50 bits per heavy atom. The molecular formula is C10H18N2. The Morgan fingerprint density at radius 2 is 2.17 bits per heavy atom. The summed E-state index contributed by atoms with van der Waals surface area (Å²) >= 11 is 0. The lowest BCUT2D eigenvalue weighted by Crippen LogP contribution is -2.06. The molecule has 0 N–H and O–H groups in total. The van der Waals surface area contributed by atoms with Crippen LogP contribution in [0.5, 0.6) is 0 Å². The molecule has 12 heavy (non-hydrogen) atoms. The number of aryl methyl sites for hydroxylation is 1. The monoisotopic (exact) mass is 166 g/mol. The van der Waals surface area contributed by atoms with E-state index in [0.717, 1.165) is 0 Å². The lowest BCUT2D eigenvalue weighted by molar-refractivity contribution is 0.469. The topological polar surface area (TPSA) is 17.8 Å². The van der Waals surface area contributed by atoms with Crippen LogP contribution in [0.1, 0.15) is 38.8 Å². The van der Waals surface area contributed by atoms with Crippen LogP contribution in [0.4, 0.5) is 0 Å². The van der Waals surface area contributed by atoms with Gasteiger partial charge < -0.3 is 0 Å². The third kappa shape index (κ3) is 1.87. The molecule has 68 valence electrons. The molecule has 1 rings (SSSR count). The van der Waals surface area contributed by atoms with Crippen molar-refractivity contribution < 1.29 is 0 Å². The van der Waals surface area contributed by atoms with Crippen LogP contribution in [-0.2, 0) is 7.05 Å². The fraction of sp³-hybridized carbons (Fsp3) is 0.700. The number of rotatable bonds is 3. The second-order valence-corrected chi connectivity index (χ2v) is 3.67. The molecule has 1 heterocycles. The fourth-order valence-electron chi connectivity index (χ4n) is 1.65. The molecule has 0 bridgehead atoms. The summed E-state index contributed by atoms with van der Waals surface area (Å²) in [6.07, 6.45) is 3.19. The Hall–Kier alpha value is -0.790. The van der Waals surface area contributed by atoms with Crippen LogP contribution in [0.2, 0.25) is 0 Å². The van der Waals surface area contributed by atoms with Gasteiger partial charge in [0.2, 0.25) is 0 Å². The smallest absolute Gasteiger partial charge is 0.0657 e. The minimum absolute atomic E-state index is 0.617. The largest absolute Gasteiger partial charge is 0.276 e. The Bertz CT molecular complexity index is 238. The van der Waals surface area contributed by atoms with Gasteiger partial charge in [0.25, 0.3) is 0 Å². The van der Waals surface area contributed by atoms with Gasteiger partial charge in [0.05, 0.1) is 5.69 Å². The zero-order valence-electron chi connectivity index (χ0n) is 8.41. The molecule has 2 nitrogen and oxygen atoms in total. The summed E-state index contributed by atoms with van der Waals surface area (Å²) in [5.41, 5.74) is 1.23. The van der Waals surface area contributed by atoms with Crippen molar-refractivity contribution >= 4 is 0 Å². The molecule has 0 saturated heterocycles. The highest BCUT2D eigenvalue weighted by atomic mass is 15.2. The lowest BCUT2D eigenvalue weighted by atomic mass is 9.90. The zero-order chi connectivity index (χ0) is 9.14. The van der Waals surface area contributed by atoms with Crippen LogP contribution in [0.25, 0.3) is 0 Å². The maximum absolute atomic E-state index is 4.42. The van der Waals surface area contributed by atoms with E-state index in [1.54, 1.807) is 0 Å². The molecule has 1 aromatic rings. The minimum atomic E-state index is 0.617. The molecule has 0 saturated carbocycles. The van der Waals surface area contributed by atoms with Gasteiger partial charge in [0.15, 0.2) is 0 Å². The second kappa shape index (κ2) is 3.74. The first-order valence-electron chi connectivity index (χ1n) is 4.64. The predicted octanol–water partition coefficient (Wildman–Crippen LogP) is 2.57. The first-order chi connectivity index (χ1) is 5.65. The summed E-state index contributed by atoms with van der Waals surface area (Å²) in [4.78, 5) is 0. The maximum atomic E-state index is 4.42. The summed E-state index contributed by atoms with van der Waals surface area (Å²) in [6, 6.07) is 2.12. The Labute approximate surface area is 74.6 Å². The predicted molar refractivity (Wildman–Crippen MR) is 51.1 cm³/mol. The second-order valence-electron chi connectivity index (χ2n) is 3.67. The van der Waals surface area contributed by atoms with Crippen LogP contribution in [0.15, 0.2) is 12.3 Å². The van der Waals surface area contributed by atoms with Gasteiger partial charge >= 0.3 is 0 Å². The minimum Gasteiger partial charge on any atom is -0.276 e. The summed E-state index contributed by atoms with van der Waals surface area (Å²) < 4.78 is 1.88. The van der Waals surface area contributed by atoms with Gasteiger partial charge in [0, 0.05) is 19.2 Å². The van der Waals surface area contributed by atoms with E-state index in [4.69, 9.17) is 0 Å². The molecule has 0 aliphatic rings. The molecule has 0 fully saturated rings. The average molecular weight is 166 g/mol. The van der Waals surface area contributed by atoms with Crippen molar-refractivity contribution in [2.75, 3.05) is 0 Å². The van der Waals surface area contributed by atoms with E-state index in [1.165, 1.54) is 12.1 Å². The van der Waals surface area contributed by atoms with Gasteiger partial charge in [-0.05, 0) is 18.4 Å². The number of aromatic nitrogens is 2. The summed E-state index contributed by atoms with van der Waals surface area (Å²) in [5.74, 6) is 1.30. The van der Waals surface area contributed by atoms with E-state index in [-0.39, 0.29) is 0 Å². The standard InChI is InChI=1S/C10H18N2/c1-5-9(8(2)3)10-6-7-12(4)11-10/h6-9H,5H2,1-4H3. The lowest BCUT2D eigenvalue weighted by Gasteiger charge is -2.15. The van der Waals surface area contributed by atoms with Crippen molar-refractivity contribution in [3.05, 3.63) is 18.0 Å². The first kappa shape index (κ1) is 9.30. The molecule has 0 spiro atoms. The van der Waals surface area contributed by atoms with E-state index in [1.807, 2.05) is 17.9 Å². The van der Waals surface area contributed by atoms with Crippen molar-refractivity contribution in [1.82, 2.24) is 9.78 Å². The normalized spacial score (nSPS) is 13.8. The molecule has 0 aliphatic heterocycles.